The minimum atomic E-state index is -2.01. The Morgan fingerprint density at radius 2 is 0.722 bits per heavy atom. The van der Waals surface area contributed by atoms with Gasteiger partial charge in [-0.1, -0.05) is 160 Å². The molecule has 0 saturated heterocycles. The molecule has 0 aliphatic carbocycles. The monoisotopic (exact) mass is 1460 g/mol. The van der Waals surface area contributed by atoms with Crippen molar-refractivity contribution < 1.29 is 90.9 Å². The SMILES string of the molecule is C[Si](C)(C)c1ccc(-c2ccc(I)cc2F)c(F)c1F.Cc1ccc(-c2ccc(-c3ccc([Si](C)(C)C)c(F)c3F)c(F)c2)cc1.Cc1ccc(B(O)O)cc1.Fc1cc(-c2cc[c-]cc2)ccc1-c1ccc(I)c(F)c1F.[Pr]. The first kappa shape index (κ1) is 65.4. The van der Waals surface area contributed by atoms with Crippen LogP contribution in [0.5, 0.6) is 0 Å². The van der Waals surface area contributed by atoms with Crippen LogP contribution in [0.1, 0.15) is 11.1 Å². The molecule has 0 heterocycles. The van der Waals surface area contributed by atoms with Gasteiger partial charge in [0, 0.05) is 78.2 Å². The molecule has 0 bridgehead atoms. The molecule has 0 saturated carbocycles. The Balaban J connectivity index is 0.000000201. The van der Waals surface area contributed by atoms with Crippen LogP contribution in [0, 0.1) is 121 Å². The van der Waals surface area contributed by atoms with E-state index < -0.39 is 75.6 Å². The van der Waals surface area contributed by atoms with Crippen LogP contribution in [0.3, 0.4) is 0 Å². The first-order valence-corrected chi connectivity index (χ1v) is 33.5. The molecule has 0 spiro atoms. The van der Waals surface area contributed by atoms with E-state index in [4.69, 9.17) is 10.0 Å². The fourth-order valence-corrected chi connectivity index (χ4v) is 11.6. The van der Waals surface area contributed by atoms with Crippen LogP contribution in [0.15, 0.2) is 164 Å². The van der Waals surface area contributed by atoms with Gasteiger partial charge in [0.05, 0.1) is 19.7 Å². The molecule has 9 aromatic rings. The quantitative estimate of drug-likeness (QED) is 0.0523. The summed E-state index contributed by atoms with van der Waals surface area (Å²) in [5.41, 5.74) is 5.88. The minimum Gasteiger partial charge on any atom is -0.423 e. The maximum atomic E-state index is 14.7. The number of rotatable bonds is 8. The van der Waals surface area contributed by atoms with Crippen LogP contribution < -0.4 is 15.8 Å². The van der Waals surface area contributed by atoms with E-state index in [0.717, 1.165) is 22.3 Å². The van der Waals surface area contributed by atoms with Gasteiger partial charge < -0.3 is 10.0 Å². The van der Waals surface area contributed by atoms with Gasteiger partial charge in [0.25, 0.3) is 0 Å². The molecule has 9 rings (SSSR count). The smallest absolute Gasteiger partial charge is 0.423 e. The van der Waals surface area contributed by atoms with E-state index in [2.05, 4.69) is 6.07 Å². The largest absolute Gasteiger partial charge is 0.488 e. The Morgan fingerprint density at radius 1 is 0.380 bits per heavy atom. The Bertz CT molecular complexity index is 3560. The van der Waals surface area contributed by atoms with Gasteiger partial charge in [-0.3, -0.25) is 0 Å². The fraction of sp³-hybridized carbons (Fsp3) is 0.129. The zero-order valence-corrected chi connectivity index (χ0v) is 54.3. The normalized spacial score (nSPS) is 11.0. The number of benzene rings is 9. The van der Waals surface area contributed by atoms with Gasteiger partial charge in [0.1, 0.15) is 17.5 Å². The van der Waals surface area contributed by atoms with E-state index in [0.29, 0.717) is 30.5 Å². The van der Waals surface area contributed by atoms with Crippen molar-refractivity contribution in [3.8, 4) is 55.6 Å². The Morgan fingerprint density at radius 3 is 1.11 bits per heavy atom. The molecule has 1 radical (unpaired) electrons. The third-order valence-electron chi connectivity index (χ3n) is 12.4. The second kappa shape index (κ2) is 28.5. The zero-order chi connectivity index (χ0) is 57.4. The minimum absolute atomic E-state index is 0. The van der Waals surface area contributed by atoms with Crippen molar-refractivity contribution in [1.29, 1.82) is 0 Å². The van der Waals surface area contributed by atoms with E-state index in [1.54, 1.807) is 89.3 Å². The maximum Gasteiger partial charge on any atom is 0.488 e. The van der Waals surface area contributed by atoms with Crippen molar-refractivity contribution in [3.05, 3.63) is 240 Å². The van der Waals surface area contributed by atoms with Crippen LogP contribution in [0.4, 0.5) is 39.5 Å². The summed E-state index contributed by atoms with van der Waals surface area (Å²) in [6.45, 7) is 15.6. The molecule has 0 aliphatic rings. The van der Waals surface area contributed by atoms with Crippen LogP contribution in [0.25, 0.3) is 55.6 Å². The van der Waals surface area contributed by atoms with E-state index in [-0.39, 0.29) is 78.2 Å². The van der Waals surface area contributed by atoms with Gasteiger partial charge >= 0.3 is 7.12 Å². The topological polar surface area (TPSA) is 40.5 Å². The molecular weight excluding hydrogens is 1410 g/mol. The summed E-state index contributed by atoms with van der Waals surface area (Å²) >= 11 is 3.67. The summed E-state index contributed by atoms with van der Waals surface area (Å²) < 4.78 is 129. The number of aryl methyl sites for hydroxylation is 2. The average molecular weight is 1460 g/mol. The molecule has 79 heavy (non-hydrogen) atoms. The third kappa shape index (κ3) is 16.9. The predicted octanol–water partition coefficient (Wildman–Crippen LogP) is 16.7. The first-order valence-electron chi connectivity index (χ1n) is 24.3. The van der Waals surface area contributed by atoms with E-state index in [1.165, 1.54) is 60.7 Å². The summed E-state index contributed by atoms with van der Waals surface area (Å²) in [5, 5.41) is 18.2. The van der Waals surface area contributed by atoms with Gasteiger partial charge in [-0.25, -0.2) is 39.5 Å². The Hall–Kier alpha value is -4.41. The molecule has 0 amide bonds. The van der Waals surface area contributed by atoms with Gasteiger partial charge in [-0.15, -0.1) is 5.56 Å². The van der Waals surface area contributed by atoms with Crippen molar-refractivity contribution in [2.24, 2.45) is 0 Å². The molecule has 0 aliphatic heterocycles. The Labute approximate surface area is 519 Å². The van der Waals surface area contributed by atoms with Crippen molar-refractivity contribution in [2.75, 3.05) is 0 Å². The summed E-state index contributed by atoms with van der Waals surface area (Å²) in [6, 6.07) is 47.2. The standard InChI is InChI=1S/C22H21F3Si.C18H9F3I.C15H14F3ISi.C7H9BO2.Pr/c1-14-5-7-15(8-6-14)16-9-10-17(19(23)13-16)18-11-12-20(26(2,3)4)22(25)21(18)24;19-15-10-12(11-4-2-1-3-5-11)6-7-13(15)14-8-9-16(22)18(21)17(14)20;1-20(2,3)13-7-6-11(14(17)15(13)18)10-5-4-9(19)8-12(10)16;1-6-2-4-7(5-3-6)8(9)10;/h5-13H,1-4H3;2-10H;4-8H,1-3H3;2-5,9-10H,1H3;/q;-1;;;. The molecule has 405 valence electrons. The van der Waals surface area contributed by atoms with Crippen molar-refractivity contribution in [3.63, 3.8) is 0 Å². The summed E-state index contributed by atoms with van der Waals surface area (Å²) in [7, 11) is -5.33. The second-order valence-electron chi connectivity index (χ2n) is 20.3. The van der Waals surface area contributed by atoms with Crippen molar-refractivity contribution >= 4 is 84.3 Å². The summed E-state index contributed by atoms with van der Waals surface area (Å²) in [4.78, 5) is 0. The van der Waals surface area contributed by atoms with Gasteiger partial charge in [0.2, 0.25) is 0 Å². The van der Waals surface area contributed by atoms with E-state index in [1.807, 2.05) is 112 Å². The molecule has 17 heteroatoms. The number of hydrogen-bond acceptors (Lipinski definition) is 2. The summed E-state index contributed by atoms with van der Waals surface area (Å²) in [5.74, 6) is -7.35. The van der Waals surface area contributed by atoms with Crippen LogP contribution in [-0.2, 0) is 0 Å². The van der Waals surface area contributed by atoms with E-state index >= 15 is 0 Å². The Kier molecular flexibility index (Phi) is 23.6. The molecular formula is C62H53BF9I2O2PrSi2-. The van der Waals surface area contributed by atoms with Crippen LogP contribution in [0.2, 0.25) is 39.3 Å². The van der Waals surface area contributed by atoms with Crippen LogP contribution >= 0.6 is 45.2 Å². The van der Waals surface area contributed by atoms with Gasteiger partial charge in [-0.2, -0.15) is 30.3 Å². The maximum absolute atomic E-state index is 14.7. The van der Waals surface area contributed by atoms with Crippen LogP contribution in [-0.4, -0.2) is 33.3 Å². The fourth-order valence-electron chi connectivity index (χ4n) is 8.01. The molecule has 0 atom stereocenters. The molecule has 9 aromatic carbocycles. The zero-order valence-electron chi connectivity index (χ0n) is 44.3. The number of halogens is 11. The molecule has 2 nitrogen and oxygen atoms in total. The van der Waals surface area contributed by atoms with Crippen molar-refractivity contribution in [2.45, 2.75) is 53.1 Å². The van der Waals surface area contributed by atoms with E-state index in [9.17, 15) is 39.5 Å². The number of hydrogen-bond donors (Lipinski definition) is 2. The molecule has 0 unspecified atom stereocenters. The first-order chi connectivity index (χ1) is 36.7. The predicted molar refractivity (Wildman–Crippen MR) is 322 cm³/mol. The third-order valence-corrected chi connectivity index (χ3v) is 17.9. The van der Waals surface area contributed by atoms with Gasteiger partial charge in [0.15, 0.2) is 34.9 Å². The second-order valence-corrected chi connectivity index (χ2v) is 32.7. The molecule has 2 N–H and O–H groups in total. The summed E-state index contributed by atoms with van der Waals surface area (Å²) in [6.07, 6.45) is 0. The van der Waals surface area contributed by atoms with Crippen molar-refractivity contribution in [1.82, 2.24) is 0 Å². The average Bonchev–Trinajstić information content (AvgIpc) is 3.41. The molecule has 0 aromatic heterocycles. The van der Waals surface area contributed by atoms with Gasteiger partial charge in [-0.05, 0) is 122 Å². The molecule has 0 fully saturated rings.